The van der Waals surface area contributed by atoms with E-state index in [1.165, 1.54) is 0 Å². The van der Waals surface area contributed by atoms with E-state index in [-0.39, 0.29) is 0 Å². The zero-order valence-electron chi connectivity index (χ0n) is 11.8. The molecular weight excluding hydrogens is 222 g/mol. The Morgan fingerprint density at radius 2 is 2.06 bits per heavy atom. The fourth-order valence-electron chi connectivity index (χ4n) is 2.09. The van der Waals surface area contributed by atoms with Gasteiger partial charge in [0.05, 0.1) is 11.7 Å². The minimum atomic E-state index is 0.397. The molecule has 0 amide bonds. The van der Waals surface area contributed by atoms with Crippen molar-refractivity contribution in [1.82, 2.24) is 15.1 Å². The normalized spacial score (nSPS) is 12.6. The van der Waals surface area contributed by atoms with Crippen LogP contribution in [-0.2, 0) is 6.54 Å². The summed E-state index contributed by atoms with van der Waals surface area (Å²) < 4.78 is 2.08. The van der Waals surface area contributed by atoms with Crippen LogP contribution in [0.25, 0.3) is 0 Å². The smallest absolute Gasteiger partial charge is 0.0762 e. The van der Waals surface area contributed by atoms with Crippen LogP contribution in [0.5, 0.6) is 0 Å². The zero-order valence-corrected chi connectivity index (χ0v) is 11.8. The molecule has 1 atom stereocenters. The molecule has 100 valence electrons. The van der Waals surface area contributed by atoms with Crippen molar-refractivity contribution in [2.45, 2.75) is 65.1 Å². The van der Waals surface area contributed by atoms with E-state index < -0.39 is 0 Å². The monoisotopic (exact) mass is 247 g/mol. The van der Waals surface area contributed by atoms with Crippen molar-refractivity contribution in [3.63, 3.8) is 0 Å². The predicted molar refractivity (Wildman–Crippen MR) is 76.2 cm³/mol. The van der Waals surface area contributed by atoms with Gasteiger partial charge in [0.1, 0.15) is 0 Å². The third-order valence-corrected chi connectivity index (χ3v) is 3.41. The molecule has 3 nitrogen and oxygen atoms in total. The Bertz CT molecular complexity index is 371. The second kappa shape index (κ2) is 7.94. The van der Waals surface area contributed by atoms with Crippen LogP contribution in [0.1, 0.15) is 58.2 Å². The maximum absolute atomic E-state index is 5.34. The summed E-state index contributed by atoms with van der Waals surface area (Å²) in [6, 6.07) is 3.01. The van der Waals surface area contributed by atoms with E-state index in [1.807, 2.05) is 0 Å². The minimum Gasteiger partial charge on any atom is -0.307 e. The first-order valence-electron chi connectivity index (χ1n) is 6.95. The highest BCUT2D eigenvalue weighted by Crippen LogP contribution is 2.14. The van der Waals surface area contributed by atoms with Gasteiger partial charge >= 0.3 is 0 Å². The molecule has 0 saturated carbocycles. The van der Waals surface area contributed by atoms with Gasteiger partial charge in [-0.3, -0.25) is 4.68 Å². The summed E-state index contributed by atoms with van der Waals surface area (Å²) >= 11 is 0. The van der Waals surface area contributed by atoms with Gasteiger partial charge in [0.25, 0.3) is 0 Å². The average molecular weight is 247 g/mol. The molecule has 1 heterocycles. The Balaban J connectivity index is 2.51. The van der Waals surface area contributed by atoms with E-state index in [4.69, 9.17) is 6.42 Å². The van der Waals surface area contributed by atoms with E-state index in [0.717, 1.165) is 37.9 Å². The van der Waals surface area contributed by atoms with Crippen LogP contribution < -0.4 is 5.32 Å². The molecule has 0 fully saturated rings. The number of rotatable bonds is 8. The highest BCUT2D eigenvalue weighted by molar-refractivity contribution is 5.00. The summed E-state index contributed by atoms with van der Waals surface area (Å²) in [6.45, 7) is 7.35. The molecule has 0 aliphatic rings. The molecule has 0 aliphatic carbocycles. The first kappa shape index (κ1) is 14.8. The van der Waals surface area contributed by atoms with Crippen molar-refractivity contribution >= 4 is 0 Å². The molecule has 18 heavy (non-hydrogen) atoms. The first-order chi connectivity index (χ1) is 8.74. The van der Waals surface area contributed by atoms with Gasteiger partial charge in [-0.1, -0.05) is 20.8 Å². The second-order valence-electron chi connectivity index (χ2n) is 4.65. The Kier molecular flexibility index (Phi) is 6.53. The van der Waals surface area contributed by atoms with Crippen molar-refractivity contribution in [2.24, 2.45) is 0 Å². The molecule has 1 aromatic heterocycles. The fraction of sp³-hybridized carbons (Fsp3) is 0.667. The van der Waals surface area contributed by atoms with Crippen LogP contribution in [-0.4, -0.2) is 15.8 Å². The van der Waals surface area contributed by atoms with Crippen LogP contribution in [0.4, 0.5) is 0 Å². The molecule has 0 aromatic carbocycles. The number of terminal acetylenes is 1. The van der Waals surface area contributed by atoms with Crippen molar-refractivity contribution < 1.29 is 0 Å². The number of hydrogen-bond donors (Lipinski definition) is 1. The van der Waals surface area contributed by atoms with Crippen molar-refractivity contribution in [3.05, 3.63) is 18.0 Å². The van der Waals surface area contributed by atoms with Gasteiger partial charge < -0.3 is 5.32 Å². The number of aromatic nitrogens is 2. The SMILES string of the molecule is C#CCC(CC)NCc1ccn(C(CC)CC)n1. The molecule has 1 unspecified atom stereocenters. The van der Waals surface area contributed by atoms with E-state index in [2.05, 4.69) is 54.1 Å². The minimum absolute atomic E-state index is 0.397. The lowest BCUT2D eigenvalue weighted by Gasteiger charge is -2.14. The maximum Gasteiger partial charge on any atom is 0.0762 e. The van der Waals surface area contributed by atoms with Gasteiger partial charge in [-0.2, -0.15) is 5.10 Å². The average Bonchev–Trinajstić information content (AvgIpc) is 2.85. The Morgan fingerprint density at radius 1 is 1.33 bits per heavy atom. The predicted octanol–water partition coefficient (Wildman–Crippen LogP) is 3.14. The van der Waals surface area contributed by atoms with Gasteiger partial charge in [-0.05, 0) is 25.3 Å². The van der Waals surface area contributed by atoms with E-state index in [0.29, 0.717) is 12.1 Å². The third-order valence-electron chi connectivity index (χ3n) is 3.41. The van der Waals surface area contributed by atoms with Crippen LogP contribution in [0.3, 0.4) is 0 Å². The Labute approximate surface area is 111 Å². The summed E-state index contributed by atoms with van der Waals surface area (Å²) in [5.74, 6) is 2.71. The van der Waals surface area contributed by atoms with Crippen LogP contribution >= 0.6 is 0 Å². The summed E-state index contributed by atoms with van der Waals surface area (Å²) in [5.41, 5.74) is 1.09. The second-order valence-corrected chi connectivity index (χ2v) is 4.65. The molecule has 1 aromatic rings. The van der Waals surface area contributed by atoms with E-state index in [9.17, 15) is 0 Å². The van der Waals surface area contributed by atoms with Gasteiger partial charge in [0, 0.05) is 25.2 Å². The quantitative estimate of drug-likeness (QED) is 0.715. The molecule has 0 saturated heterocycles. The molecular formula is C15H25N3. The van der Waals surface area contributed by atoms with Gasteiger partial charge in [0.15, 0.2) is 0 Å². The summed E-state index contributed by atoms with van der Waals surface area (Å²) in [7, 11) is 0. The van der Waals surface area contributed by atoms with Crippen molar-refractivity contribution in [1.29, 1.82) is 0 Å². The topological polar surface area (TPSA) is 29.9 Å². The summed E-state index contributed by atoms with van der Waals surface area (Å²) in [5, 5.41) is 8.08. The number of nitrogens with zero attached hydrogens (tertiary/aromatic N) is 2. The zero-order chi connectivity index (χ0) is 13.4. The first-order valence-corrected chi connectivity index (χ1v) is 6.95. The van der Waals surface area contributed by atoms with Crippen molar-refractivity contribution in [2.75, 3.05) is 0 Å². The maximum atomic E-state index is 5.34. The molecule has 0 bridgehead atoms. The third kappa shape index (κ3) is 4.19. The van der Waals surface area contributed by atoms with E-state index >= 15 is 0 Å². The molecule has 1 N–H and O–H groups in total. The van der Waals surface area contributed by atoms with Crippen LogP contribution in [0.2, 0.25) is 0 Å². The Hall–Kier alpha value is -1.27. The van der Waals surface area contributed by atoms with Gasteiger partial charge in [0.2, 0.25) is 0 Å². The van der Waals surface area contributed by atoms with Crippen molar-refractivity contribution in [3.8, 4) is 12.3 Å². The number of hydrogen-bond acceptors (Lipinski definition) is 2. The standard InChI is InChI=1S/C15H25N3/c1-5-9-13(6-2)16-12-14-10-11-18(17-14)15(7-3)8-4/h1,10-11,13,15-16H,6-9,12H2,2-4H3. The van der Waals surface area contributed by atoms with Crippen LogP contribution in [0.15, 0.2) is 12.3 Å². The highest BCUT2D eigenvalue weighted by Gasteiger charge is 2.09. The van der Waals surface area contributed by atoms with E-state index in [1.54, 1.807) is 0 Å². The largest absolute Gasteiger partial charge is 0.307 e. The lowest BCUT2D eigenvalue weighted by Crippen LogP contribution is -2.27. The van der Waals surface area contributed by atoms with Gasteiger partial charge in [-0.25, -0.2) is 0 Å². The molecule has 1 rings (SSSR count). The lowest BCUT2D eigenvalue weighted by atomic mass is 10.1. The summed E-state index contributed by atoms with van der Waals surface area (Å²) in [4.78, 5) is 0. The molecule has 0 aliphatic heterocycles. The van der Waals surface area contributed by atoms with Gasteiger partial charge in [-0.15, -0.1) is 12.3 Å². The number of nitrogens with one attached hydrogen (secondary N) is 1. The molecule has 0 spiro atoms. The molecule has 0 radical (unpaired) electrons. The summed E-state index contributed by atoms with van der Waals surface area (Å²) in [6.07, 6.45) is 11.5. The fourth-order valence-corrected chi connectivity index (χ4v) is 2.09. The lowest BCUT2D eigenvalue weighted by molar-refractivity contribution is 0.421. The highest BCUT2D eigenvalue weighted by atomic mass is 15.3. The Morgan fingerprint density at radius 3 is 2.61 bits per heavy atom. The van der Waals surface area contributed by atoms with Crippen LogP contribution in [0, 0.1) is 12.3 Å². The molecule has 3 heteroatoms.